The molecule has 2 heterocycles. The number of fused-ring (bicyclic) bond motifs is 1. The number of carbonyl (C=O) groups is 1. The summed E-state index contributed by atoms with van der Waals surface area (Å²) in [5.74, 6) is -0.418. The monoisotopic (exact) mass is 356 g/mol. The number of hydrogen-bond acceptors (Lipinski definition) is 4. The lowest BCUT2D eigenvalue weighted by molar-refractivity contribution is 0.0526. The maximum Gasteiger partial charge on any atom is 0.341 e. The molecule has 0 spiro atoms. The van der Waals surface area contributed by atoms with Crippen LogP contribution in [-0.4, -0.2) is 27.3 Å². The summed E-state index contributed by atoms with van der Waals surface area (Å²) in [6.45, 7) is 2.06. The topological polar surface area (TPSA) is 83.7 Å². The number of esters is 1. The fraction of sp³-hybridized carbons (Fsp3) is 0.0952. The zero-order valence-electron chi connectivity index (χ0n) is 14.6. The molecule has 6 heteroatoms. The Labute approximate surface area is 155 Å². The lowest BCUT2D eigenvalue weighted by atomic mass is 10.1. The molecule has 0 saturated heterocycles. The second kappa shape index (κ2) is 6.81. The van der Waals surface area contributed by atoms with Crippen LogP contribution in [0.25, 0.3) is 27.8 Å². The summed E-state index contributed by atoms with van der Waals surface area (Å²) in [6.07, 6.45) is 3.06. The Morgan fingerprint density at radius 3 is 2.81 bits per heavy atom. The van der Waals surface area contributed by atoms with Gasteiger partial charge in [0.1, 0.15) is 6.07 Å². The first kappa shape index (κ1) is 16.6. The van der Waals surface area contributed by atoms with Crippen molar-refractivity contribution in [2.24, 2.45) is 0 Å². The fourth-order valence-electron chi connectivity index (χ4n) is 3.01. The largest absolute Gasteiger partial charge is 0.462 e. The lowest BCUT2D eigenvalue weighted by Gasteiger charge is -2.03. The molecule has 132 valence electrons. The predicted octanol–water partition coefficient (Wildman–Crippen LogP) is 4.07. The summed E-state index contributed by atoms with van der Waals surface area (Å²) < 4.78 is 6.57. The standard InChI is InChI=1S/C21H16N4O2/c1-2-27-21(26)17-12-23-25(13-17)18-8-15-10-19(14-6-4-3-5-7-14)24-20(15)16(9-18)11-22/h3-10,12-13,24H,2H2,1H3. The van der Waals surface area contributed by atoms with E-state index in [1.54, 1.807) is 23.9 Å². The Kier molecular flexibility index (Phi) is 4.19. The molecule has 0 radical (unpaired) electrons. The van der Waals surface area contributed by atoms with Crippen LogP contribution in [0.5, 0.6) is 0 Å². The number of carbonyl (C=O) groups excluding carboxylic acids is 1. The molecule has 0 aliphatic heterocycles. The van der Waals surface area contributed by atoms with Gasteiger partial charge in [0.15, 0.2) is 0 Å². The van der Waals surface area contributed by atoms with E-state index in [-0.39, 0.29) is 0 Å². The number of nitrogens with zero attached hydrogens (tertiary/aromatic N) is 3. The van der Waals surface area contributed by atoms with Gasteiger partial charge < -0.3 is 9.72 Å². The van der Waals surface area contributed by atoms with Crippen molar-refractivity contribution in [3.8, 4) is 23.0 Å². The van der Waals surface area contributed by atoms with E-state index in [4.69, 9.17) is 4.74 Å². The smallest absolute Gasteiger partial charge is 0.341 e. The van der Waals surface area contributed by atoms with Crippen molar-refractivity contribution < 1.29 is 9.53 Å². The number of nitriles is 1. The van der Waals surface area contributed by atoms with Crippen molar-refractivity contribution >= 4 is 16.9 Å². The minimum atomic E-state index is -0.418. The maximum absolute atomic E-state index is 11.9. The zero-order chi connectivity index (χ0) is 18.8. The van der Waals surface area contributed by atoms with Gasteiger partial charge >= 0.3 is 5.97 Å². The molecule has 0 amide bonds. The molecule has 0 aliphatic rings. The van der Waals surface area contributed by atoms with Gasteiger partial charge in [-0.25, -0.2) is 9.48 Å². The molecule has 27 heavy (non-hydrogen) atoms. The number of aromatic nitrogens is 3. The number of benzene rings is 2. The van der Waals surface area contributed by atoms with E-state index < -0.39 is 5.97 Å². The summed E-state index contributed by atoms with van der Waals surface area (Å²) in [5.41, 5.74) is 4.34. The minimum Gasteiger partial charge on any atom is -0.462 e. The Hall–Kier alpha value is -3.85. The van der Waals surface area contributed by atoms with Crippen LogP contribution in [0.3, 0.4) is 0 Å². The highest BCUT2D eigenvalue weighted by molar-refractivity contribution is 5.92. The molecule has 0 atom stereocenters. The molecule has 2 aromatic heterocycles. The van der Waals surface area contributed by atoms with Crippen LogP contribution >= 0.6 is 0 Å². The molecular formula is C21H16N4O2. The van der Waals surface area contributed by atoms with Gasteiger partial charge in [-0.05, 0) is 30.7 Å². The molecule has 1 N–H and O–H groups in total. The normalized spacial score (nSPS) is 10.7. The molecule has 0 fully saturated rings. The van der Waals surface area contributed by atoms with Crippen molar-refractivity contribution in [3.63, 3.8) is 0 Å². The van der Waals surface area contributed by atoms with Crippen LogP contribution in [0, 0.1) is 11.3 Å². The van der Waals surface area contributed by atoms with Gasteiger partial charge in [0.2, 0.25) is 0 Å². The SMILES string of the molecule is CCOC(=O)c1cnn(-c2cc(C#N)c3[nH]c(-c4ccccc4)cc3c2)c1. The second-order valence-electron chi connectivity index (χ2n) is 6.01. The van der Waals surface area contributed by atoms with Crippen LogP contribution in [0.2, 0.25) is 0 Å². The molecule has 0 bridgehead atoms. The summed E-state index contributed by atoms with van der Waals surface area (Å²) in [5, 5.41) is 14.7. The first-order valence-corrected chi connectivity index (χ1v) is 8.54. The molecule has 0 aliphatic carbocycles. The number of rotatable bonds is 4. The van der Waals surface area contributed by atoms with Crippen LogP contribution in [0.15, 0.2) is 60.9 Å². The van der Waals surface area contributed by atoms with Crippen molar-refractivity contribution in [2.45, 2.75) is 6.92 Å². The van der Waals surface area contributed by atoms with Gasteiger partial charge in [0.05, 0.1) is 35.1 Å². The lowest BCUT2D eigenvalue weighted by Crippen LogP contribution is -2.03. The van der Waals surface area contributed by atoms with E-state index in [0.717, 1.165) is 22.2 Å². The highest BCUT2D eigenvalue weighted by Crippen LogP contribution is 2.28. The van der Waals surface area contributed by atoms with Gasteiger partial charge in [-0.15, -0.1) is 0 Å². The summed E-state index contributed by atoms with van der Waals surface area (Å²) in [4.78, 5) is 15.2. The van der Waals surface area contributed by atoms with Crippen molar-refractivity contribution in [1.29, 1.82) is 5.26 Å². The Balaban J connectivity index is 1.79. The Bertz CT molecular complexity index is 1170. The number of hydrogen-bond donors (Lipinski definition) is 1. The van der Waals surface area contributed by atoms with E-state index in [1.807, 2.05) is 42.5 Å². The Morgan fingerprint density at radius 1 is 1.26 bits per heavy atom. The number of nitrogens with one attached hydrogen (secondary N) is 1. The predicted molar refractivity (Wildman–Crippen MR) is 102 cm³/mol. The Morgan fingerprint density at radius 2 is 2.07 bits per heavy atom. The number of H-pyrrole nitrogens is 1. The average Bonchev–Trinajstić information content (AvgIpc) is 3.35. The third kappa shape index (κ3) is 3.07. The third-order valence-corrected chi connectivity index (χ3v) is 4.28. The maximum atomic E-state index is 11.9. The van der Waals surface area contributed by atoms with E-state index in [1.165, 1.54) is 6.20 Å². The molecule has 0 unspecified atom stereocenters. The van der Waals surface area contributed by atoms with Gasteiger partial charge in [-0.3, -0.25) is 0 Å². The highest BCUT2D eigenvalue weighted by Gasteiger charge is 2.13. The molecule has 4 rings (SSSR count). The molecular weight excluding hydrogens is 340 g/mol. The first-order chi connectivity index (χ1) is 13.2. The number of ether oxygens (including phenoxy) is 1. The van der Waals surface area contributed by atoms with Crippen LogP contribution in [0.1, 0.15) is 22.8 Å². The molecule has 0 saturated carbocycles. The third-order valence-electron chi connectivity index (χ3n) is 4.28. The van der Waals surface area contributed by atoms with Crippen molar-refractivity contribution in [2.75, 3.05) is 6.61 Å². The number of aromatic amines is 1. The molecule has 4 aromatic rings. The van der Waals surface area contributed by atoms with Crippen molar-refractivity contribution in [3.05, 3.63) is 72.1 Å². The highest BCUT2D eigenvalue weighted by atomic mass is 16.5. The zero-order valence-corrected chi connectivity index (χ0v) is 14.6. The quantitative estimate of drug-likeness (QED) is 0.559. The van der Waals surface area contributed by atoms with E-state index in [2.05, 4.69) is 16.2 Å². The van der Waals surface area contributed by atoms with Crippen molar-refractivity contribution in [1.82, 2.24) is 14.8 Å². The summed E-state index contributed by atoms with van der Waals surface area (Å²) in [7, 11) is 0. The fourth-order valence-corrected chi connectivity index (χ4v) is 3.01. The summed E-state index contributed by atoms with van der Waals surface area (Å²) in [6, 6.07) is 17.8. The minimum absolute atomic E-state index is 0.306. The van der Waals surface area contributed by atoms with Crippen LogP contribution < -0.4 is 0 Å². The summed E-state index contributed by atoms with van der Waals surface area (Å²) >= 11 is 0. The van der Waals surface area contributed by atoms with E-state index in [9.17, 15) is 10.1 Å². The first-order valence-electron chi connectivity index (χ1n) is 8.54. The van der Waals surface area contributed by atoms with Gasteiger partial charge in [-0.1, -0.05) is 30.3 Å². The van der Waals surface area contributed by atoms with E-state index in [0.29, 0.717) is 23.4 Å². The average molecular weight is 356 g/mol. The van der Waals surface area contributed by atoms with Gasteiger partial charge in [0, 0.05) is 17.3 Å². The van der Waals surface area contributed by atoms with Gasteiger partial charge in [0.25, 0.3) is 0 Å². The second-order valence-corrected chi connectivity index (χ2v) is 6.01. The van der Waals surface area contributed by atoms with E-state index >= 15 is 0 Å². The van der Waals surface area contributed by atoms with Crippen LogP contribution in [0.4, 0.5) is 0 Å². The molecule has 6 nitrogen and oxygen atoms in total. The molecule has 2 aromatic carbocycles. The van der Waals surface area contributed by atoms with Crippen LogP contribution in [-0.2, 0) is 4.74 Å². The van der Waals surface area contributed by atoms with Gasteiger partial charge in [-0.2, -0.15) is 10.4 Å².